The first-order valence-corrected chi connectivity index (χ1v) is 8.71. The lowest BCUT2D eigenvalue weighted by Crippen LogP contribution is -2.45. The molecule has 0 radical (unpaired) electrons. The van der Waals surface area contributed by atoms with Gasteiger partial charge < -0.3 is 15.4 Å². The minimum Gasteiger partial charge on any atom is -0.497 e. The van der Waals surface area contributed by atoms with Crippen molar-refractivity contribution in [3.63, 3.8) is 0 Å². The Morgan fingerprint density at radius 1 is 1.08 bits per heavy atom. The molecule has 0 aliphatic carbocycles. The van der Waals surface area contributed by atoms with E-state index in [4.69, 9.17) is 4.74 Å². The van der Waals surface area contributed by atoms with Crippen molar-refractivity contribution in [1.82, 2.24) is 10.2 Å². The van der Waals surface area contributed by atoms with Gasteiger partial charge in [0.15, 0.2) is 0 Å². The topological polar surface area (TPSA) is 53.6 Å². The molecule has 0 aromatic heterocycles. The van der Waals surface area contributed by atoms with Crippen molar-refractivity contribution in [3.8, 4) is 5.75 Å². The average molecular weight is 339 g/mol. The largest absolute Gasteiger partial charge is 0.497 e. The zero-order valence-electron chi connectivity index (χ0n) is 14.6. The quantitative estimate of drug-likeness (QED) is 0.877. The summed E-state index contributed by atoms with van der Waals surface area (Å²) in [6.45, 7) is 2.98. The molecule has 5 heteroatoms. The van der Waals surface area contributed by atoms with Crippen LogP contribution >= 0.6 is 0 Å². The van der Waals surface area contributed by atoms with Crippen molar-refractivity contribution in [1.29, 1.82) is 0 Å². The standard InChI is InChI=1S/C20H25N3O2/c1-25-19-9-7-17(8-10-19)21-20(24)22-18-11-13-23(14-12-18)15-16-5-3-2-4-6-16/h2-10,18H,11-15H2,1H3,(H2,21,22,24). The Kier molecular flexibility index (Phi) is 5.90. The summed E-state index contributed by atoms with van der Waals surface area (Å²) in [5.41, 5.74) is 2.10. The molecule has 3 rings (SSSR count). The third kappa shape index (κ3) is 5.22. The molecule has 25 heavy (non-hydrogen) atoms. The summed E-state index contributed by atoms with van der Waals surface area (Å²) in [6.07, 6.45) is 1.95. The van der Waals surface area contributed by atoms with Gasteiger partial charge in [0.25, 0.3) is 0 Å². The van der Waals surface area contributed by atoms with E-state index in [9.17, 15) is 4.79 Å². The summed E-state index contributed by atoms with van der Waals surface area (Å²) in [7, 11) is 1.62. The number of piperidine rings is 1. The summed E-state index contributed by atoms with van der Waals surface area (Å²) < 4.78 is 5.12. The number of likely N-dealkylation sites (tertiary alicyclic amines) is 1. The van der Waals surface area contributed by atoms with E-state index in [1.807, 2.05) is 30.3 Å². The van der Waals surface area contributed by atoms with E-state index < -0.39 is 0 Å². The molecule has 2 amide bonds. The van der Waals surface area contributed by atoms with Gasteiger partial charge >= 0.3 is 6.03 Å². The van der Waals surface area contributed by atoms with Crippen LogP contribution in [-0.4, -0.2) is 37.2 Å². The summed E-state index contributed by atoms with van der Waals surface area (Å²) >= 11 is 0. The fourth-order valence-corrected chi connectivity index (χ4v) is 3.10. The van der Waals surface area contributed by atoms with Crippen LogP contribution in [0.15, 0.2) is 54.6 Å². The maximum atomic E-state index is 12.1. The molecule has 2 N–H and O–H groups in total. The van der Waals surface area contributed by atoms with Crippen LogP contribution in [0.25, 0.3) is 0 Å². The highest BCUT2D eigenvalue weighted by Crippen LogP contribution is 2.16. The van der Waals surface area contributed by atoms with Crippen molar-refractivity contribution in [3.05, 3.63) is 60.2 Å². The molecule has 1 heterocycles. The Labute approximate surface area is 149 Å². The molecule has 132 valence electrons. The van der Waals surface area contributed by atoms with Gasteiger partial charge in [-0.3, -0.25) is 4.90 Å². The van der Waals surface area contributed by atoms with Gasteiger partial charge in [0.1, 0.15) is 5.75 Å². The second-order valence-electron chi connectivity index (χ2n) is 6.36. The van der Waals surface area contributed by atoms with Crippen molar-refractivity contribution < 1.29 is 9.53 Å². The smallest absolute Gasteiger partial charge is 0.319 e. The van der Waals surface area contributed by atoms with Gasteiger partial charge in [-0.05, 0) is 42.7 Å². The molecule has 0 bridgehead atoms. The Bertz CT molecular complexity index is 665. The molecule has 1 aliphatic heterocycles. The van der Waals surface area contributed by atoms with E-state index >= 15 is 0 Å². The molecule has 0 spiro atoms. The lowest BCUT2D eigenvalue weighted by molar-refractivity contribution is 0.190. The Morgan fingerprint density at radius 3 is 2.40 bits per heavy atom. The molecular formula is C20H25N3O2. The number of methoxy groups -OCH3 is 1. The lowest BCUT2D eigenvalue weighted by Gasteiger charge is -2.32. The normalized spacial score (nSPS) is 15.6. The molecule has 2 aromatic carbocycles. The molecule has 0 atom stereocenters. The number of rotatable bonds is 5. The van der Waals surface area contributed by atoms with Gasteiger partial charge in [0.05, 0.1) is 7.11 Å². The third-order valence-corrected chi connectivity index (χ3v) is 4.52. The summed E-state index contributed by atoms with van der Waals surface area (Å²) in [6, 6.07) is 17.9. The van der Waals surface area contributed by atoms with Gasteiger partial charge in [0, 0.05) is 31.4 Å². The van der Waals surface area contributed by atoms with E-state index in [2.05, 4.69) is 39.8 Å². The number of amides is 2. The highest BCUT2D eigenvalue weighted by molar-refractivity contribution is 5.89. The molecule has 0 unspecified atom stereocenters. The lowest BCUT2D eigenvalue weighted by atomic mass is 10.0. The number of carbonyl (C=O) groups excluding carboxylic acids is 1. The van der Waals surface area contributed by atoms with Crippen molar-refractivity contribution in [2.24, 2.45) is 0 Å². The summed E-state index contributed by atoms with van der Waals surface area (Å²) in [4.78, 5) is 14.6. The van der Waals surface area contributed by atoms with E-state index in [0.29, 0.717) is 0 Å². The first-order valence-electron chi connectivity index (χ1n) is 8.71. The highest BCUT2D eigenvalue weighted by atomic mass is 16.5. The summed E-state index contributed by atoms with van der Waals surface area (Å²) in [5, 5.41) is 5.94. The number of urea groups is 1. The zero-order chi connectivity index (χ0) is 17.5. The summed E-state index contributed by atoms with van der Waals surface area (Å²) in [5.74, 6) is 0.775. The Morgan fingerprint density at radius 2 is 1.76 bits per heavy atom. The number of hydrogen-bond donors (Lipinski definition) is 2. The Balaban J connectivity index is 1.41. The molecular weight excluding hydrogens is 314 g/mol. The van der Waals surface area contributed by atoms with Crippen molar-refractivity contribution in [2.45, 2.75) is 25.4 Å². The second kappa shape index (κ2) is 8.53. The molecule has 0 saturated carbocycles. The van der Waals surface area contributed by atoms with Crippen LogP contribution in [-0.2, 0) is 6.54 Å². The van der Waals surface area contributed by atoms with Crippen LogP contribution in [0.2, 0.25) is 0 Å². The van der Waals surface area contributed by atoms with E-state index in [-0.39, 0.29) is 12.1 Å². The number of carbonyl (C=O) groups is 1. The van der Waals surface area contributed by atoms with Crippen molar-refractivity contribution in [2.75, 3.05) is 25.5 Å². The molecule has 1 fully saturated rings. The number of benzene rings is 2. The number of nitrogens with one attached hydrogen (secondary N) is 2. The molecule has 5 nitrogen and oxygen atoms in total. The van der Waals surface area contributed by atoms with Gasteiger partial charge in [-0.15, -0.1) is 0 Å². The predicted molar refractivity (Wildman–Crippen MR) is 99.9 cm³/mol. The SMILES string of the molecule is COc1ccc(NC(=O)NC2CCN(Cc3ccccc3)CC2)cc1. The fourth-order valence-electron chi connectivity index (χ4n) is 3.10. The first kappa shape index (κ1) is 17.3. The van der Waals surface area contributed by atoms with Crippen LogP contribution in [0.1, 0.15) is 18.4 Å². The second-order valence-corrected chi connectivity index (χ2v) is 6.36. The molecule has 1 saturated heterocycles. The zero-order valence-corrected chi connectivity index (χ0v) is 14.6. The molecule has 1 aliphatic rings. The minimum absolute atomic E-state index is 0.147. The van der Waals surface area contributed by atoms with Gasteiger partial charge in [-0.1, -0.05) is 30.3 Å². The van der Waals surface area contributed by atoms with Crippen LogP contribution in [0.3, 0.4) is 0 Å². The van der Waals surface area contributed by atoms with Crippen molar-refractivity contribution >= 4 is 11.7 Å². The maximum absolute atomic E-state index is 12.1. The van der Waals surface area contributed by atoms with Crippen LogP contribution in [0.5, 0.6) is 5.75 Å². The average Bonchev–Trinajstić information content (AvgIpc) is 2.65. The Hall–Kier alpha value is -2.53. The van der Waals surface area contributed by atoms with Gasteiger partial charge in [-0.25, -0.2) is 4.79 Å². The molecule has 2 aromatic rings. The van der Waals surface area contributed by atoms with Gasteiger partial charge in [-0.2, -0.15) is 0 Å². The van der Waals surface area contributed by atoms with Crippen LogP contribution < -0.4 is 15.4 Å². The third-order valence-electron chi connectivity index (χ3n) is 4.52. The highest BCUT2D eigenvalue weighted by Gasteiger charge is 2.20. The van der Waals surface area contributed by atoms with Crippen LogP contribution in [0, 0.1) is 0 Å². The van der Waals surface area contributed by atoms with Crippen LogP contribution in [0.4, 0.5) is 10.5 Å². The number of ether oxygens (including phenoxy) is 1. The number of nitrogens with zero attached hydrogens (tertiary/aromatic N) is 1. The van der Waals surface area contributed by atoms with E-state index in [1.54, 1.807) is 7.11 Å². The fraction of sp³-hybridized carbons (Fsp3) is 0.350. The van der Waals surface area contributed by atoms with E-state index in [1.165, 1.54) is 5.56 Å². The monoisotopic (exact) mass is 339 g/mol. The first-order chi connectivity index (χ1) is 12.2. The minimum atomic E-state index is -0.147. The number of anilines is 1. The maximum Gasteiger partial charge on any atom is 0.319 e. The van der Waals surface area contributed by atoms with Gasteiger partial charge in [0.2, 0.25) is 0 Å². The number of hydrogen-bond acceptors (Lipinski definition) is 3. The predicted octanol–water partition coefficient (Wildman–Crippen LogP) is 3.48. The van der Waals surface area contributed by atoms with E-state index in [0.717, 1.165) is 43.9 Å².